The van der Waals surface area contributed by atoms with Crippen molar-refractivity contribution in [3.8, 4) is 0 Å². The largest absolute Gasteiger partial charge is 0.481 e. The van der Waals surface area contributed by atoms with Gasteiger partial charge in [0.15, 0.2) is 11.0 Å². The van der Waals surface area contributed by atoms with Gasteiger partial charge in [0, 0.05) is 13.1 Å². The van der Waals surface area contributed by atoms with E-state index in [1.807, 2.05) is 11.8 Å². The Labute approximate surface area is 104 Å². The highest BCUT2D eigenvalue weighted by molar-refractivity contribution is 6.29. The molecule has 0 spiro atoms. The monoisotopic (exact) mass is 255 g/mol. The predicted octanol–water partition coefficient (Wildman–Crippen LogP) is 1.82. The molecule has 1 aliphatic heterocycles. The lowest BCUT2D eigenvalue weighted by Gasteiger charge is -2.23. The molecule has 2 rings (SSSR count). The van der Waals surface area contributed by atoms with E-state index < -0.39 is 11.4 Å². The summed E-state index contributed by atoms with van der Waals surface area (Å²) in [7, 11) is 0. The first kappa shape index (κ1) is 12.1. The van der Waals surface area contributed by atoms with Crippen LogP contribution in [0, 0.1) is 5.41 Å². The molecule has 1 atom stereocenters. The summed E-state index contributed by atoms with van der Waals surface area (Å²) < 4.78 is 0. The standard InChI is InChI=1S/C11H14ClN3O2/c1-2-11(10(16)17)5-6-15(7-11)9-4-3-8(12)13-14-9/h3-4H,2,5-7H2,1H3,(H,16,17). The minimum atomic E-state index is -0.732. The Morgan fingerprint density at radius 3 is 2.82 bits per heavy atom. The molecule has 0 bridgehead atoms. The van der Waals surface area contributed by atoms with Crippen molar-refractivity contribution in [2.75, 3.05) is 18.0 Å². The van der Waals surface area contributed by atoms with E-state index in [-0.39, 0.29) is 0 Å². The lowest BCUT2D eigenvalue weighted by Crippen LogP contribution is -2.34. The molecular formula is C11H14ClN3O2. The number of aliphatic carboxylic acids is 1. The molecule has 17 heavy (non-hydrogen) atoms. The third-order valence-electron chi connectivity index (χ3n) is 3.43. The molecular weight excluding hydrogens is 242 g/mol. The van der Waals surface area contributed by atoms with Crippen LogP contribution in [0.4, 0.5) is 5.82 Å². The Kier molecular flexibility index (Phi) is 3.19. The van der Waals surface area contributed by atoms with Crippen LogP contribution in [-0.2, 0) is 4.79 Å². The fourth-order valence-electron chi connectivity index (χ4n) is 2.16. The molecule has 1 aromatic heterocycles. The summed E-state index contributed by atoms with van der Waals surface area (Å²) in [6.07, 6.45) is 1.27. The zero-order chi connectivity index (χ0) is 12.5. The molecule has 2 heterocycles. The molecule has 0 amide bonds. The molecule has 0 saturated carbocycles. The van der Waals surface area contributed by atoms with E-state index in [4.69, 9.17) is 11.6 Å². The van der Waals surface area contributed by atoms with Gasteiger partial charge in [0.2, 0.25) is 0 Å². The first-order valence-electron chi connectivity index (χ1n) is 5.55. The third-order valence-corrected chi connectivity index (χ3v) is 3.63. The predicted molar refractivity (Wildman–Crippen MR) is 64.2 cm³/mol. The smallest absolute Gasteiger partial charge is 0.311 e. The average molecular weight is 256 g/mol. The highest BCUT2D eigenvalue weighted by atomic mass is 35.5. The van der Waals surface area contributed by atoms with Crippen LogP contribution < -0.4 is 4.90 Å². The number of carboxylic acid groups (broad SMARTS) is 1. The van der Waals surface area contributed by atoms with Crippen LogP contribution in [0.25, 0.3) is 0 Å². The maximum atomic E-state index is 11.3. The van der Waals surface area contributed by atoms with Crippen molar-refractivity contribution in [2.45, 2.75) is 19.8 Å². The number of carbonyl (C=O) groups is 1. The summed E-state index contributed by atoms with van der Waals surface area (Å²) in [6, 6.07) is 3.43. The second kappa shape index (κ2) is 4.49. The van der Waals surface area contributed by atoms with Crippen LogP contribution in [0.15, 0.2) is 12.1 Å². The zero-order valence-corrected chi connectivity index (χ0v) is 10.3. The molecule has 0 aliphatic carbocycles. The normalized spacial score (nSPS) is 24.0. The van der Waals surface area contributed by atoms with Crippen LogP contribution in [0.5, 0.6) is 0 Å². The van der Waals surface area contributed by atoms with Crippen molar-refractivity contribution in [3.63, 3.8) is 0 Å². The van der Waals surface area contributed by atoms with E-state index in [0.717, 1.165) is 0 Å². The van der Waals surface area contributed by atoms with Gasteiger partial charge in [0.25, 0.3) is 0 Å². The Morgan fingerprint density at radius 2 is 2.35 bits per heavy atom. The summed E-state index contributed by atoms with van der Waals surface area (Å²) in [5.41, 5.74) is -0.651. The highest BCUT2D eigenvalue weighted by Gasteiger charge is 2.43. The van der Waals surface area contributed by atoms with Gasteiger partial charge in [-0.2, -0.15) is 0 Å². The summed E-state index contributed by atoms with van der Waals surface area (Å²) in [5.74, 6) is -0.0459. The van der Waals surface area contributed by atoms with E-state index in [1.54, 1.807) is 12.1 Å². The van der Waals surface area contributed by atoms with E-state index in [9.17, 15) is 9.90 Å². The number of rotatable bonds is 3. The first-order valence-corrected chi connectivity index (χ1v) is 5.93. The van der Waals surface area contributed by atoms with Crippen molar-refractivity contribution >= 4 is 23.4 Å². The Bertz CT molecular complexity index is 423. The maximum absolute atomic E-state index is 11.3. The minimum Gasteiger partial charge on any atom is -0.481 e. The number of halogens is 1. The summed E-state index contributed by atoms with van der Waals surface area (Å²) in [6.45, 7) is 3.08. The number of nitrogens with zero attached hydrogens (tertiary/aromatic N) is 3. The minimum absolute atomic E-state index is 0.341. The van der Waals surface area contributed by atoms with Gasteiger partial charge in [-0.25, -0.2) is 0 Å². The number of hydrogen-bond donors (Lipinski definition) is 1. The van der Waals surface area contributed by atoms with Gasteiger partial charge in [-0.3, -0.25) is 4.79 Å². The van der Waals surface area contributed by atoms with Gasteiger partial charge < -0.3 is 10.0 Å². The number of hydrogen-bond acceptors (Lipinski definition) is 4. The van der Waals surface area contributed by atoms with Gasteiger partial charge in [0.1, 0.15) is 0 Å². The molecule has 0 aromatic carbocycles. The molecule has 1 aromatic rings. The topological polar surface area (TPSA) is 66.3 Å². The van der Waals surface area contributed by atoms with Crippen LogP contribution in [-0.4, -0.2) is 34.4 Å². The lowest BCUT2D eigenvalue weighted by molar-refractivity contribution is -0.147. The molecule has 0 radical (unpaired) electrons. The second-order valence-electron chi connectivity index (χ2n) is 4.32. The summed E-state index contributed by atoms with van der Waals surface area (Å²) in [5, 5.41) is 17.4. The van der Waals surface area contributed by atoms with Gasteiger partial charge in [0.05, 0.1) is 5.41 Å². The molecule has 1 N–H and O–H groups in total. The van der Waals surface area contributed by atoms with Crippen LogP contribution >= 0.6 is 11.6 Å². The van der Waals surface area contributed by atoms with Crippen LogP contribution in [0.3, 0.4) is 0 Å². The van der Waals surface area contributed by atoms with E-state index >= 15 is 0 Å². The van der Waals surface area contributed by atoms with Gasteiger partial charge in [-0.15, -0.1) is 10.2 Å². The molecule has 1 aliphatic rings. The van der Waals surface area contributed by atoms with E-state index in [2.05, 4.69) is 10.2 Å². The highest BCUT2D eigenvalue weighted by Crippen LogP contribution is 2.35. The Hall–Kier alpha value is -1.36. The van der Waals surface area contributed by atoms with Gasteiger partial charge >= 0.3 is 5.97 Å². The SMILES string of the molecule is CCC1(C(=O)O)CCN(c2ccc(Cl)nn2)C1. The molecule has 1 unspecified atom stereocenters. The first-order chi connectivity index (χ1) is 8.07. The Morgan fingerprint density at radius 1 is 1.59 bits per heavy atom. The van der Waals surface area contributed by atoms with Crippen molar-refractivity contribution in [2.24, 2.45) is 5.41 Å². The van der Waals surface area contributed by atoms with Crippen LogP contribution in [0.2, 0.25) is 5.15 Å². The Balaban J connectivity index is 2.17. The molecule has 5 nitrogen and oxygen atoms in total. The van der Waals surface area contributed by atoms with E-state index in [0.29, 0.717) is 36.9 Å². The number of aromatic nitrogens is 2. The van der Waals surface area contributed by atoms with Gasteiger partial charge in [-0.1, -0.05) is 18.5 Å². The molecule has 1 fully saturated rings. The van der Waals surface area contributed by atoms with Crippen LogP contribution in [0.1, 0.15) is 19.8 Å². The zero-order valence-electron chi connectivity index (χ0n) is 9.56. The van der Waals surface area contributed by atoms with Crippen molar-refractivity contribution in [3.05, 3.63) is 17.3 Å². The maximum Gasteiger partial charge on any atom is 0.311 e. The molecule has 1 saturated heterocycles. The van der Waals surface area contributed by atoms with Gasteiger partial charge in [-0.05, 0) is 25.0 Å². The molecule has 92 valence electrons. The quantitative estimate of drug-likeness (QED) is 0.892. The fourth-order valence-corrected chi connectivity index (χ4v) is 2.26. The fraction of sp³-hybridized carbons (Fsp3) is 0.545. The number of carboxylic acids is 1. The van der Waals surface area contributed by atoms with Crippen molar-refractivity contribution < 1.29 is 9.90 Å². The summed E-state index contributed by atoms with van der Waals surface area (Å²) >= 11 is 5.67. The third kappa shape index (κ3) is 2.20. The second-order valence-corrected chi connectivity index (χ2v) is 4.71. The molecule has 6 heteroatoms. The average Bonchev–Trinajstić information content (AvgIpc) is 2.75. The number of anilines is 1. The van der Waals surface area contributed by atoms with E-state index in [1.165, 1.54) is 0 Å². The van der Waals surface area contributed by atoms with Crippen molar-refractivity contribution in [1.29, 1.82) is 0 Å². The summed E-state index contributed by atoms with van der Waals surface area (Å²) in [4.78, 5) is 13.2. The lowest BCUT2D eigenvalue weighted by atomic mass is 9.84. The van der Waals surface area contributed by atoms with Crippen molar-refractivity contribution in [1.82, 2.24) is 10.2 Å².